The third-order valence-corrected chi connectivity index (χ3v) is 3.26. The highest BCUT2D eigenvalue weighted by molar-refractivity contribution is 5.10. The molecule has 0 saturated carbocycles. The Morgan fingerprint density at radius 1 is 1.29 bits per heavy atom. The van der Waals surface area contributed by atoms with Crippen LogP contribution in [0.25, 0.3) is 0 Å². The summed E-state index contributed by atoms with van der Waals surface area (Å²) in [6.45, 7) is 8.47. The van der Waals surface area contributed by atoms with Crippen LogP contribution in [0.5, 0.6) is 0 Å². The van der Waals surface area contributed by atoms with E-state index in [1.165, 1.54) is 5.56 Å². The van der Waals surface area contributed by atoms with Crippen LogP contribution in [0.15, 0.2) is 24.5 Å². The van der Waals surface area contributed by atoms with Gasteiger partial charge in [-0.05, 0) is 36.6 Å². The molecule has 0 aromatic carbocycles. The van der Waals surface area contributed by atoms with Crippen LogP contribution in [0.1, 0.15) is 26.3 Å². The Hall–Kier alpha value is -0.930. The fourth-order valence-corrected chi connectivity index (χ4v) is 2.21. The maximum absolute atomic E-state index is 5.88. The summed E-state index contributed by atoms with van der Waals surface area (Å²) in [7, 11) is 2.16. The largest absolute Gasteiger partial charge is 0.329 e. The molecule has 0 aliphatic heterocycles. The molecule has 0 aliphatic carbocycles. The monoisotopic (exact) mass is 235 g/mol. The van der Waals surface area contributed by atoms with Gasteiger partial charge in [-0.3, -0.25) is 4.98 Å². The molecule has 0 fully saturated rings. The van der Waals surface area contributed by atoms with E-state index < -0.39 is 0 Å². The Morgan fingerprint density at radius 2 is 1.88 bits per heavy atom. The van der Waals surface area contributed by atoms with Crippen LogP contribution in [0, 0.1) is 5.41 Å². The van der Waals surface area contributed by atoms with Crippen LogP contribution in [0.3, 0.4) is 0 Å². The molecule has 1 aromatic heterocycles. The van der Waals surface area contributed by atoms with Crippen LogP contribution >= 0.6 is 0 Å². The summed E-state index contributed by atoms with van der Waals surface area (Å²) in [5.74, 6) is 0. The van der Waals surface area contributed by atoms with E-state index in [9.17, 15) is 0 Å². The van der Waals surface area contributed by atoms with E-state index in [0.29, 0.717) is 12.6 Å². The van der Waals surface area contributed by atoms with Crippen molar-refractivity contribution < 1.29 is 0 Å². The molecule has 0 amide bonds. The zero-order valence-electron chi connectivity index (χ0n) is 11.5. The number of nitrogens with zero attached hydrogens (tertiary/aromatic N) is 2. The molecule has 0 bridgehead atoms. The van der Waals surface area contributed by atoms with Crippen molar-refractivity contribution in [3.8, 4) is 0 Å². The van der Waals surface area contributed by atoms with Crippen molar-refractivity contribution in [1.82, 2.24) is 9.88 Å². The van der Waals surface area contributed by atoms with Crippen molar-refractivity contribution in [1.29, 1.82) is 0 Å². The van der Waals surface area contributed by atoms with Gasteiger partial charge in [0.2, 0.25) is 0 Å². The molecule has 3 nitrogen and oxygen atoms in total. The number of nitrogens with two attached hydrogens (primary N) is 1. The lowest BCUT2D eigenvalue weighted by Crippen LogP contribution is -2.47. The van der Waals surface area contributed by atoms with Crippen LogP contribution in [0.4, 0.5) is 0 Å². The average molecular weight is 235 g/mol. The Balaban J connectivity index is 2.51. The zero-order valence-corrected chi connectivity index (χ0v) is 11.5. The topological polar surface area (TPSA) is 42.2 Å². The van der Waals surface area contributed by atoms with Crippen molar-refractivity contribution in [2.24, 2.45) is 11.1 Å². The van der Waals surface area contributed by atoms with Crippen molar-refractivity contribution in [3.05, 3.63) is 30.1 Å². The van der Waals surface area contributed by atoms with Gasteiger partial charge in [0, 0.05) is 31.5 Å². The van der Waals surface area contributed by atoms with Gasteiger partial charge in [-0.1, -0.05) is 20.8 Å². The first-order chi connectivity index (χ1) is 7.95. The smallest absolute Gasteiger partial charge is 0.0270 e. The van der Waals surface area contributed by atoms with Gasteiger partial charge >= 0.3 is 0 Å². The second kappa shape index (κ2) is 6.12. The van der Waals surface area contributed by atoms with Crippen LogP contribution in [-0.2, 0) is 6.42 Å². The Morgan fingerprint density at radius 3 is 2.35 bits per heavy atom. The molecule has 3 heteroatoms. The first-order valence-corrected chi connectivity index (χ1v) is 6.24. The van der Waals surface area contributed by atoms with E-state index in [1.807, 2.05) is 12.4 Å². The fourth-order valence-electron chi connectivity index (χ4n) is 2.21. The molecule has 0 saturated heterocycles. The summed E-state index contributed by atoms with van der Waals surface area (Å²) in [6.07, 6.45) is 4.74. The SMILES string of the molecule is CN(CCc1ccncc1)C(CN)C(C)(C)C. The standard InChI is InChI=1S/C14H25N3/c1-14(2,3)13(11-15)17(4)10-7-12-5-8-16-9-6-12/h5-6,8-9,13H,7,10-11,15H2,1-4H3. The molecule has 17 heavy (non-hydrogen) atoms. The lowest BCUT2D eigenvalue weighted by atomic mass is 9.85. The molecule has 0 spiro atoms. The van der Waals surface area contributed by atoms with Crippen LogP contribution < -0.4 is 5.73 Å². The van der Waals surface area contributed by atoms with Gasteiger partial charge in [0.25, 0.3) is 0 Å². The van der Waals surface area contributed by atoms with E-state index in [2.05, 4.69) is 49.8 Å². The number of likely N-dealkylation sites (N-methyl/N-ethyl adjacent to an activating group) is 1. The number of rotatable bonds is 5. The van der Waals surface area contributed by atoms with Crippen molar-refractivity contribution in [2.45, 2.75) is 33.2 Å². The van der Waals surface area contributed by atoms with E-state index >= 15 is 0 Å². The molecule has 1 unspecified atom stereocenters. The molecular formula is C14H25N3. The summed E-state index contributed by atoms with van der Waals surface area (Å²) in [6, 6.07) is 4.56. The Labute approximate surface area is 105 Å². The van der Waals surface area contributed by atoms with Gasteiger partial charge in [-0.2, -0.15) is 0 Å². The third-order valence-electron chi connectivity index (χ3n) is 3.26. The van der Waals surface area contributed by atoms with E-state index in [-0.39, 0.29) is 5.41 Å². The lowest BCUT2D eigenvalue weighted by molar-refractivity contribution is 0.133. The highest BCUT2D eigenvalue weighted by Gasteiger charge is 2.26. The normalized spacial score (nSPS) is 14.0. The van der Waals surface area contributed by atoms with Gasteiger partial charge in [0.1, 0.15) is 0 Å². The molecule has 2 N–H and O–H groups in total. The predicted octanol–water partition coefficient (Wildman–Crippen LogP) is 1.93. The van der Waals surface area contributed by atoms with Crippen molar-refractivity contribution >= 4 is 0 Å². The number of hydrogen-bond acceptors (Lipinski definition) is 3. The van der Waals surface area contributed by atoms with Gasteiger partial charge in [0.15, 0.2) is 0 Å². The Kier molecular flexibility index (Phi) is 5.09. The summed E-state index contributed by atoms with van der Waals surface area (Å²) in [5, 5.41) is 0. The summed E-state index contributed by atoms with van der Waals surface area (Å²) in [5.41, 5.74) is 7.43. The average Bonchev–Trinajstić information content (AvgIpc) is 2.27. The highest BCUT2D eigenvalue weighted by atomic mass is 15.1. The lowest BCUT2D eigenvalue weighted by Gasteiger charge is -2.37. The van der Waals surface area contributed by atoms with Crippen LogP contribution in [0.2, 0.25) is 0 Å². The molecule has 0 aliphatic rings. The summed E-state index contributed by atoms with van der Waals surface area (Å²) in [4.78, 5) is 6.39. The predicted molar refractivity (Wildman–Crippen MR) is 72.9 cm³/mol. The minimum absolute atomic E-state index is 0.224. The third kappa shape index (κ3) is 4.44. The fraction of sp³-hybridized carbons (Fsp3) is 0.643. The molecule has 1 atom stereocenters. The Bertz CT molecular complexity index is 316. The first-order valence-electron chi connectivity index (χ1n) is 6.24. The second-order valence-corrected chi connectivity index (χ2v) is 5.70. The first kappa shape index (κ1) is 14.1. The van der Waals surface area contributed by atoms with Crippen molar-refractivity contribution in [2.75, 3.05) is 20.1 Å². The molecule has 1 heterocycles. The summed E-state index contributed by atoms with van der Waals surface area (Å²) >= 11 is 0. The second-order valence-electron chi connectivity index (χ2n) is 5.70. The minimum Gasteiger partial charge on any atom is -0.329 e. The highest BCUT2D eigenvalue weighted by Crippen LogP contribution is 2.22. The van der Waals surface area contributed by atoms with E-state index in [0.717, 1.165) is 13.0 Å². The van der Waals surface area contributed by atoms with Gasteiger partial charge in [-0.25, -0.2) is 0 Å². The molecule has 96 valence electrons. The molecule has 0 radical (unpaired) electrons. The van der Waals surface area contributed by atoms with Crippen LogP contribution in [-0.4, -0.2) is 36.1 Å². The maximum atomic E-state index is 5.88. The number of pyridine rings is 1. The van der Waals surface area contributed by atoms with E-state index in [4.69, 9.17) is 5.73 Å². The maximum Gasteiger partial charge on any atom is 0.0270 e. The number of hydrogen-bond donors (Lipinski definition) is 1. The minimum atomic E-state index is 0.224. The molecule has 1 rings (SSSR count). The van der Waals surface area contributed by atoms with Crippen molar-refractivity contribution in [3.63, 3.8) is 0 Å². The molecule has 1 aromatic rings. The zero-order chi connectivity index (χ0) is 12.9. The van der Waals surface area contributed by atoms with E-state index in [1.54, 1.807) is 0 Å². The quantitative estimate of drug-likeness (QED) is 0.848. The summed E-state index contributed by atoms with van der Waals surface area (Å²) < 4.78 is 0. The molecular weight excluding hydrogens is 210 g/mol. The number of aromatic nitrogens is 1. The van der Waals surface area contributed by atoms with Gasteiger partial charge in [0.05, 0.1) is 0 Å². The van der Waals surface area contributed by atoms with Gasteiger partial charge in [-0.15, -0.1) is 0 Å². The van der Waals surface area contributed by atoms with Gasteiger partial charge < -0.3 is 10.6 Å².